The van der Waals surface area contributed by atoms with Gasteiger partial charge in [0.15, 0.2) is 0 Å². The van der Waals surface area contributed by atoms with E-state index in [1.165, 1.54) is 17.7 Å². The van der Waals surface area contributed by atoms with Crippen LogP contribution in [0.4, 0.5) is 20.6 Å². The summed E-state index contributed by atoms with van der Waals surface area (Å²) in [7, 11) is 3.72. The summed E-state index contributed by atoms with van der Waals surface area (Å²) in [4.78, 5) is 16.3. The summed E-state index contributed by atoms with van der Waals surface area (Å²) in [6.45, 7) is 1.13. The zero-order valence-corrected chi connectivity index (χ0v) is 16.1. The Hall–Kier alpha value is -3.34. The number of nitrogens with one attached hydrogen (secondary N) is 1. The molecule has 3 aromatic rings. The first-order valence-corrected chi connectivity index (χ1v) is 9.13. The Morgan fingerprint density at radius 1 is 0.821 bits per heavy atom. The van der Waals surface area contributed by atoms with Crippen molar-refractivity contribution in [3.63, 3.8) is 0 Å². The minimum atomic E-state index is -0.286. The number of amides is 2. The number of rotatable bonds is 6. The van der Waals surface area contributed by atoms with Crippen molar-refractivity contribution in [1.82, 2.24) is 4.90 Å². The van der Waals surface area contributed by atoms with E-state index in [1.54, 1.807) is 24.1 Å². The van der Waals surface area contributed by atoms with Gasteiger partial charge < -0.3 is 15.1 Å². The average molecular weight is 377 g/mol. The normalized spacial score (nSPS) is 10.4. The molecule has 3 aromatic carbocycles. The molecule has 3 rings (SSSR count). The van der Waals surface area contributed by atoms with Gasteiger partial charge in [0.2, 0.25) is 0 Å². The molecule has 1 N–H and O–H groups in total. The van der Waals surface area contributed by atoms with Gasteiger partial charge >= 0.3 is 6.03 Å². The van der Waals surface area contributed by atoms with Gasteiger partial charge in [0.25, 0.3) is 0 Å². The molecule has 0 unspecified atom stereocenters. The Kier molecular flexibility index (Phi) is 6.27. The number of hydrogen-bond acceptors (Lipinski definition) is 2. The van der Waals surface area contributed by atoms with Gasteiger partial charge in [0.1, 0.15) is 5.82 Å². The second-order valence-electron chi connectivity index (χ2n) is 6.77. The number of hydrogen-bond donors (Lipinski definition) is 1. The molecular formula is C23H24FN3O. The molecule has 0 heterocycles. The van der Waals surface area contributed by atoms with Crippen molar-refractivity contribution in [1.29, 1.82) is 0 Å². The molecular weight excluding hydrogens is 353 g/mol. The molecule has 0 saturated heterocycles. The summed E-state index contributed by atoms with van der Waals surface area (Å²) in [5.74, 6) is -0.286. The number of nitrogens with zero attached hydrogens (tertiary/aromatic N) is 2. The van der Waals surface area contributed by atoms with E-state index >= 15 is 0 Å². The first-order valence-electron chi connectivity index (χ1n) is 9.13. The van der Waals surface area contributed by atoms with Crippen LogP contribution in [0.25, 0.3) is 0 Å². The van der Waals surface area contributed by atoms with Gasteiger partial charge in [-0.05, 0) is 35.4 Å². The predicted molar refractivity (Wildman–Crippen MR) is 112 cm³/mol. The number of anilines is 2. The summed E-state index contributed by atoms with van der Waals surface area (Å²) in [5.41, 5.74) is 3.75. The smallest absolute Gasteiger partial charge is 0.321 e. The van der Waals surface area contributed by atoms with Crippen LogP contribution >= 0.6 is 0 Å². The number of benzene rings is 3. The first-order chi connectivity index (χ1) is 13.5. The largest absolute Gasteiger partial charge is 0.369 e. The number of carbonyl (C=O) groups is 1. The predicted octanol–water partition coefficient (Wildman–Crippen LogP) is 5.13. The summed E-state index contributed by atoms with van der Waals surface area (Å²) in [6, 6.07) is 23.8. The Labute approximate surface area is 165 Å². The molecule has 0 bridgehead atoms. The number of para-hydroxylation sites is 2. The van der Waals surface area contributed by atoms with Gasteiger partial charge in [-0.3, -0.25) is 0 Å². The van der Waals surface area contributed by atoms with Crippen LogP contribution in [-0.2, 0) is 13.1 Å². The molecule has 144 valence electrons. The third-order valence-electron chi connectivity index (χ3n) is 4.50. The third kappa shape index (κ3) is 5.10. The summed E-state index contributed by atoms with van der Waals surface area (Å²) in [5, 5.41) is 2.98. The van der Waals surface area contributed by atoms with Gasteiger partial charge in [0.05, 0.1) is 11.4 Å². The van der Waals surface area contributed by atoms with E-state index in [9.17, 15) is 9.18 Å². The molecule has 4 nitrogen and oxygen atoms in total. The second kappa shape index (κ2) is 9.04. The molecule has 2 amide bonds. The van der Waals surface area contributed by atoms with Crippen molar-refractivity contribution >= 4 is 17.4 Å². The highest BCUT2D eigenvalue weighted by molar-refractivity contribution is 5.93. The van der Waals surface area contributed by atoms with Crippen LogP contribution < -0.4 is 10.2 Å². The molecule has 28 heavy (non-hydrogen) atoms. The summed E-state index contributed by atoms with van der Waals surface area (Å²) < 4.78 is 13.0. The first kappa shape index (κ1) is 19.4. The lowest BCUT2D eigenvalue weighted by atomic mass is 10.2. The lowest BCUT2D eigenvalue weighted by Crippen LogP contribution is -2.31. The van der Waals surface area contributed by atoms with Crippen molar-refractivity contribution < 1.29 is 9.18 Å². The minimum Gasteiger partial charge on any atom is -0.369 e. The van der Waals surface area contributed by atoms with Crippen LogP contribution in [0.3, 0.4) is 0 Å². The molecule has 0 aromatic heterocycles. The monoisotopic (exact) mass is 377 g/mol. The van der Waals surface area contributed by atoms with E-state index < -0.39 is 0 Å². The molecule has 0 aliphatic rings. The van der Waals surface area contributed by atoms with Gasteiger partial charge in [-0.2, -0.15) is 0 Å². The fourth-order valence-electron chi connectivity index (χ4n) is 3.00. The van der Waals surface area contributed by atoms with Gasteiger partial charge in [-0.25, -0.2) is 9.18 Å². The van der Waals surface area contributed by atoms with Crippen LogP contribution in [-0.4, -0.2) is 25.0 Å². The topological polar surface area (TPSA) is 35.6 Å². The summed E-state index contributed by atoms with van der Waals surface area (Å²) >= 11 is 0. The van der Waals surface area contributed by atoms with Crippen molar-refractivity contribution in [2.45, 2.75) is 13.1 Å². The lowest BCUT2D eigenvalue weighted by molar-refractivity contribution is 0.220. The fourth-order valence-corrected chi connectivity index (χ4v) is 3.00. The number of urea groups is 1. The highest BCUT2D eigenvalue weighted by Crippen LogP contribution is 2.26. The minimum absolute atomic E-state index is 0.218. The molecule has 0 radical (unpaired) electrons. The van der Waals surface area contributed by atoms with Crippen LogP contribution in [0.5, 0.6) is 0 Å². The van der Waals surface area contributed by atoms with E-state index in [2.05, 4.69) is 22.3 Å². The SMILES string of the molecule is CN(Cc1ccc(F)cc1)C(=O)Nc1ccccc1N(C)Cc1ccccc1. The van der Waals surface area contributed by atoms with Crippen molar-refractivity contribution in [3.05, 3.63) is 95.8 Å². The van der Waals surface area contributed by atoms with Crippen LogP contribution in [0, 0.1) is 5.82 Å². The van der Waals surface area contributed by atoms with Crippen LogP contribution in [0.1, 0.15) is 11.1 Å². The average Bonchev–Trinajstić information content (AvgIpc) is 2.70. The van der Waals surface area contributed by atoms with E-state index in [0.29, 0.717) is 6.54 Å². The van der Waals surface area contributed by atoms with E-state index in [-0.39, 0.29) is 11.8 Å². The molecule has 0 saturated carbocycles. The lowest BCUT2D eigenvalue weighted by Gasteiger charge is -2.24. The Morgan fingerprint density at radius 2 is 1.43 bits per heavy atom. The maximum absolute atomic E-state index is 13.0. The zero-order chi connectivity index (χ0) is 19.9. The van der Waals surface area contributed by atoms with E-state index in [0.717, 1.165) is 23.5 Å². The van der Waals surface area contributed by atoms with Crippen LogP contribution in [0.2, 0.25) is 0 Å². The standard InChI is InChI=1S/C23H24FN3O/c1-26(16-18-8-4-3-5-9-18)22-11-7-6-10-21(22)25-23(28)27(2)17-19-12-14-20(24)15-13-19/h3-15H,16-17H2,1-2H3,(H,25,28). The second-order valence-corrected chi connectivity index (χ2v) is 6.77. The quantitative estimate of drug-likeness (QED) is 0.647. The maximum Gasteiger partial charge on any atom is 0.321 e. The molecule has 0 atom stereocenters. The third-order valence-corrected chi connectivity index (χ3v) is 4.50. The van der Waals surface area contributed by atoms with Crippen LogP contribution in [0.15, 0.2) is 78.9 Å². The van der Waals surface area contributed by atoms with Crippen molar-refractivity contribution in [2.24, 2.45) is 0 Å². The van der Waals surface area contributed by atoms with Gasteiger partial charge in [-0.1, -0.05) is 54.6 Å². The Balaban J connectivity index is 1.68. The maximum atomic E-state index is 13.0. The van der Waals surface area contributed by atoms with Crippen molar-refractivity contribution in [2.75, 3.05) is 24.3 Å². The Morgan fingerprint density at radius 3 is 2.14 bits per heavy atom. The molecule has 5 heteroatoms. The van der Waals surface area contributed by atoms with E-state index in [1.807, 2.05) is 49.5 Å². The molecule has 0 fully saturated rings. The van der Waals surface area contributed by atoms with Gasteiger partial charge in [-0.15, -0.1) is 0 Å². The molecule has 0 aliphatic heterocycles. The van der Waals surface area contributed by atoms with E-state index in [4.69, 9.17) is 0 Å². The molecule has 0 spiro atoms. The van der Waals surface area contributed by atoms with Gasteiger partial charge in [0, 0.05) is 27.2 Å². The summed E-state index contributed by atoms with van der Waals surface area (Å²) in [6.07, 6.45) is 0. The number of carbonyl (C=O) groups excluding carboxylic acids is 1. The highest BCUT2D eigenvalue weighted by Gasteiger charge is 2.14. The fraction of sp³-hybridized carbons (Fsp3) is 0.174. The molecule has 0 aliphatic carbocycles. The Bertz CT molecular complexity index is 913. The highest BCUT2D eigenvalue weighted by atomic mass is 19.1. The van der Waals surface area contributed by atoms with Crippen molar-refractivity contribution in [3.8, 4) is 0 Å². The number of halogens is 1. The zero-order valence-electron chi connectivity index (χ0n) is 16.1.